The number of esters is 1. The van der Waals surface area contributed by atoms with Crippen LogP contribution in [0.4, 0.5) is 5.69 Å². The number of thioether (sulfide) groups is 1. The molecule has 1 atom stereocenters. The summed E-state index contributed by atoms with van der Waals surface area (Å²) >= 11 is 7.24. The Bertz CT molecular complexity index is 1070. The second-order valence-electron chi connectivity index (χ2n) is 6.48. The maximum atomic E-state index is 12.2. The summed E-state index contributed by atoms with van der Waals surface area (Å²) in [5.74, 6) is -0.172. The predicted octanol–water partition coefficient (Wildman–Crippen LogP) is 4.24. The zero-order chi connectivity index (χ0) is 20.4. The number of rotatable bonds is 5. The van der Waals surface area contributed by atoms with E-state index < -0.39 is 11.2 Å². The Hall–Kier alpha value is -2.84. The molecule has 0 aliphatic carbocycles. The van der Waals surface area contributed by atoms with E-state index in [2.05, 4.69) is 15.5 Å². The van der Waals surface area contributed by atoms with Gasteiger partial charge < -0.3 is 14.6 Å². The molecular formula is C20H16ClN3O4S. The third-order valence-electron chi connectivity index (χ3n) is 4.25. The third kappa shape index (κ3) is 4.60. The zero-order valence-corrected chi connectivity index (χ0v) is 16.9. The fraction of sp³-hybridized carbons (Fsp3) is 0.200. The first-order valence-corrected chi connectivity index (χ1v) is 10.1. The van der Waals surface area contributed by atoms with E-state index in [1.165, 1.54) is 11.8 Å². The van der Waals surface area contributed by atoms with Crippen molar-refractivity contribution in [3.05, 3.63) is 58.9 Å². The van der Waals surface area contributed by atoms with Crippen molar-refractivity contribution >= 4 is 40.9 Å². The summed E-state index contributed by atoms with van der Waals surface area (Å²) < 4.78 is 10.3. The molecule has 0 fully saturated rings. The summed E-state index contributed by atoms with van der Waals surface area (Å²) in [7, 11) is 0. The normalized spacial score (nSPS) is 15.5. The number of anilines is 1. The van der Waals surface area contributed by atoms with Crippen LogP contribution in [0.1, 0.15) is 17.9 Å². The third-order valence-corrected chi connectivity index (χ3v) is 5.76. The lowest BCUT2D eigenvalue weighted by atomic mass is 10.1. The number of halogens is 1. The van der Waals surface area contributed by atoms with Crippen molar-refractivity contribution in [1.29, 1.82) is 0 Å². The Labute approximate surface area is 175 Å². The van der Waals surface area contributed by atoms with Gasteiger partial charge in [0.1, 0.15) is 0 Å². The highest BCUT2D eigenvalue weighted by molar-refractivity contribution is 8.01. The molecule has 0 saturated carbocycles. The quantitative estimate of drug-likeness (QED) is 0.606. The van der Waals surface area contributed by atoms with Gasteiger partial charge in [-0.2, -0.15) is 4.98 Å². The van der Waals surface area contributed by atoms with Crippen molar-refractivity contribution in [3.63, 3.8) is 0 Å². The minimum atomic E-state index is -0.581. The lowest BCUT2D eigenvalue weighted by Gasteiger charge is -2.23. The Balaban J connectivity index is 1.33. The van der Waals surface area contributed by atoms with Crippen LogP contribution >= 0.6 is 23.4 Å². The van der Waals surface area contributed by atoms with Gasteiger partial charge in [-0.25, -0.2) is 0 Å². The summed E-state index contributed by atoms with van der Waals surface area (Å²) in [4.78, 5) is 29.5. The van der Waals surface area contributed by atoms with Gasteiger partial charge in [0, 0.05) is 15.5 Å². The number of aryl methyl sites for hydroxylation is 1. The molecule has 1 amide bonds. The van der Waals surface area contributed by atoms with Crippen LogP contribution in [-0.2, 0) is 20.9 Å². The average molecular weight is 430 g/mol. The number of fused-ring (bicyclic) bond motifs is 1. The van der Waals surface area contributed by atoms with Crippen molar-refractivity contribution in [2.45, 2.75) is 30.1 Å². The van der Waals surface area contributed by atoms with E-state index in [1.807, 2.05) is 37.3 Å². The number of nitrogens with zero attached hydrogens (tertiary/aromatic N) is 2. The smallest absolute Gasteiger partial charge is 0.307 e. The highest BCUT2D eigenvalue weighted by Crippen LogP contribution is 2.38. The molecule has 0 spiro atoms. The van der Waals surface area contributed by atoms with Gasteiger partial charge in [-0.05, 0) is 25.1 Å². The van der Waals surface area contributed by atoms with E-state index in [4.69, 9.17) is 20.9 Å². The average Bonchev–Trinajstić information content (AvgIpc) is 3.17. The summed E-state index contributed by atoms with van der Waals surface area (Å²) in [5.41, 5.74) is 2.58. The lowest BCUT2D eigenvalue weighted by Crippen LogP contribution is -2.31. The maximum absolute atomic E-state index is 12.2. The Morgan fingerprint density at radius 3 is 2.86 bits per heavy atom. The first-order chi connectivity index (χ1) is 14.0. The number of hydrogen-bond acceptors (Lipinski definition) is 7. The van der Waals surface area contributed by atoms with Crippen molar-refractivity contribution in [1.82, 2.24) is 10.1 Å². The van der Waals surface area contributed by atoms with Gasteiger partial charge in [0.2, 0.25) is 11.7 Å². The number of ether oxygens (including phenoxy) is 1. The SMILES string of the molecule is Cc1ccc(-c2noc(COC(=O)CC3Sc4ccc(Cl)cc4NC3=O)n2)cc1. The van der Waals surface area contributed by atoms with E-state index in [0.29, 0.717) is 16.5 Å². The highest BCUT2D eigenvalue weighted by Gasteiger charge is 2.30. The first-order valence-electron chi connectivity index (χ1n) is 8.80. The van der Waals surface area contributed by atoms with Crippen LogP contribution < -0.4 is 5.32 Å². The number of benzene rings is 2. The molecule has 1 unspecified atom stereocenters. The van der Waals surface area contributed by atoms with Crippen molar-refractivity contribution in [3.8, 4) is 11.4 Å². The lowest BCUT2D eigenvalue weighted by molar-refractivity contribution is -0.146. The monoisotopic (exact) mass is 429 g/mol. The van der Waals surface area contributed by atoms with E-state index in [9.17, 15) is 9.59 Å². The first kappa shape index (κ1) is 19.5. The molecule has 1 N–H and O–H groups in total. The number of nitrogens with one attached hydrogen (secondary N) is 1. The van der Waals surface area contributed by atoms with Gasteiger partial charge in [-0.15, -0.1) is 11.8 Å². The second-order valence-corrected chi connectivity index (χ2v) is 8.16. The van der Waals surface area contributed by atoms with Crippen LogP contribution in [0.15, 0.2) is 51.9 Å². The molecule has 4 rings (SSSR count). The maximum Gasteiger partial charge on any atom is 0.307 e. The molecule has 0 radical (unpaired) electrons. The van der Waals surface area contributed by atoms with Crippen LogP contribution in [-0.4, -0.2) is 27.3 Å². The largest absolute Gasteiger partial charge is 0.456 e. The molecule has 3 aromatic rings. The minimum absolute atomic E-state index is 0.0719. The fourth-order valence-electron chi connectivity index (χ4n) is 2.74. The van der Waals surface area contributed by atoms with Crippen LogP contribution in [0, 0.1) is 6.92 Å². The van der Waals surface area contributed by atoms with Crippen molar-refractivity contribution < 1.29 is 18.8 Å². The summed E-state index contributed by atoms with van der Waals surface area (Å²) in [6.07, 6.45) is -0.0719. The van der Waals surface area contributed by atoms with Gasteiger partial charge in [0.05, 0.1) is 17.4 Å². The highest BCUT2D eigenvalue weighted by atomic mass is 35.5. The van der Waals surface area contributed by atoms with Gasteiger partial charge >= 0.3 is 5.97 Å². The van der Waals surface area contributed by atoms with E-state index >= 15 is 0 Å². The Kier molecular flexibility index (Phi) is 5.55. The summed E-state index contributed by atoms with van der Waals surface area (Å²) in [5, 5.41) is 6.61. The Morgan fingerprint density at radius 2 is 2.07 bits per heavy atom. The van der Waals surface area contributed by atoms with Gasteiger partial charge in [0.25, 0.3) is 5.89 Å². The number of carbonyl (C=O) groups is 2. The van der Waals surface area contributed by atoms with Crippen LogP contribution in [0.3, 0.4) is 0 Å². The molecule has 148 valence electrons. The molecule has 0 saturated heterocycles. The minimum Gasteiger partial charge on any atom is -0.456 e. The zero-order valence-electron chi connectivity index (χ0n) is 15.3. The predicted molar refractivity (Wildman–Crippen MR) is 109 cm³/mol. The second kappa shape index (κ2) is 8.26. The number of aromatic nitrogens is 2. The molecular weight excluding hydrogens is 414 g/mol. The Morgan fingerprint density at radius 1 is 1.28 bits per heavy atom. The van der Waals surface area contributed by atoms with Crippen LogP contribution in [0.25, 0.3) is 11.4 Å². The molecule has 2 aromatic carbocycles. The molecule has 1 aliphatic heterocycles. The molecule has 2 heterocycles. The summed E-state index contributed by atoms with van der Waals surface area (Å²) in [6, 6.07) is 12.9. The van der Waals surface area contributed by atoms with Gasteiger partial charge in [-0.1, -0.05) is 46.6 Å². The van der Waals surface area contributed by atoms with E-state index in [-0.39, 0.29) is 24.8 Å². The molecule has 7 nitrogen and oxygen atoms in total. The number of amides is 1. The standard InChI is InChI=1S/C20H16ClN3O4S/c1-11-2-4-12(5-3-11)19-23-17(28-24-19)10-27-18(25)9-16-20(26)22-14-8-13(21)6-7-15(14)29-16/h2-8,16H,9-10H2,1H3,(H,22,26). The molecule has 9 heteroatoms. The van der Waals surface area contributed by atoms with Gasteiger partial charge in [-0.3, -0.25) is 9.59 Å². The molecule has 1 aliphatic rings. The van der Waals surface area contributed by atoms with Crippen molar-refractivity contribution in [2.24, 2.45) is 0 Å². The van der Waals surface area contributed by atoms with Crippen molar-refractivity contribution in [2.75, 3.05) is 5.32 Å². The topological polar surface area (TPSA) is 94.3 Å². The fourth-order valence-corrected chi connectivity index (χ4v) is 3.99. The number of hydrogen-bond donors (Lipinski definition) is 1. The van der Waals surface area contributed by atoms with Crippen LogP contribution in [0.5, 0.6) is 0 Å². The molecule has 0 bridgehead atoms. The van der Waals surface area contributed by atoms with E-state index in [0.717, 1.165) is 16.0 Å². The van der Waals surface area contributed by atoms with Gasteiger partial charge in [0.15, 0.2) is 6.61 Å². The number of carbonyl (C=O) groups excluding carboxylic acids is 2. The molecule has 29 heavy (non-hydrogen) atoms. The van der Waals surface area contributed by atoms with E-state index in [1.54, 1.807) is 12.1 Å². The molecule has 1 aromatic heterocycles. The summed E-state index contributed by atoms with van der Waals surface area (Å²) in [6.45, 7) is 1.84. The van der Waals surface area contributed by atoms with Crippen LogP contribution in [0.2, 0.25) is 5.02 Å².